The Morgan fingerprint density at radius 3 is 2.44 bits per heavy atom. The molecule has 0 aliphatic carbocycles. The van der Waals surface area contributed by atoms with Gasteiger partial charge in [-0.3, -0.25) is 19.2 Å². The second-order valence-corrected chi connectivity index (χ2v) is 5.25. The number of H-pyrrole nitrogens is 1. The Kier molecular flexibility index (Phi) is 8.06. The van der Waals surface area contributed by atoms with E-state index in [0.717, 1.165) is 0 Å². The molecule has 0 fully saturated rings. The van der Waals surface area contributed by atoms with E-state index in [9.17, 15) is 19.2 Å². The van der Waals surface area contributed by atoms with Gasteiger partial charge in [-0.1, -0.05) is 0 Å². The molecule has 7 N–H and O–H groups in total. The fourth-order valence-corrected chi connectivity index (χ4v) is 2.01. The van der Waals surface area contributed by atoms with Gasteiger partial charge in [0, 0.05) is 25.5 Å². The molecule has 0 aliphatic rings. The van der Waals surface area contributed by atoms with Crippen LogP contribution in [0, 0.1) is 0 Å². The summed E-state index contributed by atoms with van der Waals surface area (Å²) in [5.41, 5.74) is 5.66. The first-order valence-corrected chi connectivity index (χ1v) is 7.52. The highest BCUT2D eigenvalue weighted by Gasteiger charge is 2.26. The summed E-state index contributed by atoms with van der Waals surface area (Å²) in [7, 11) is 0. The van der Waals surface area contributed by atoms with Gasteiger partial charge in [-0.15, -0.1) is 0 Å². The quantitative estimate of drug-likeness (QED) is 0.256. The predicted molar refractivity (Wildman–Crippen MR) is 83.9 cm³/mol. The number of rotatable bonds is 11. The number of hydrogen-bond acceptors (Lipinski definition) is 6. The van der Waals surface area contributed by atoms with E-state index in [2.05, 4.69) is 20.6 Å². The highest BCUT2D eigenvalue weighted by Crippen LogP contribution is 2.03. The van der Waals surface area contributed by atoms with Gasteiger partial charge in [0.15, 0.2) is 0 Å². The topological polar surface area (TPSA) is 188 Å². The number of aliphatic hydroxyl groups excluding tert-OH is 1. The van der Waals surface area contributed by atoms with Crippen molar-refractivity contribution >= 4 is 23.7 Å². The number of hydrogen-bond donors (Lipinski definition) is 6. The largest absolute Gasteiger partial charge is 0.481 e. The van der Waals surface area contributed by atoms with Crippen LogP contribution in [-0.2, 0) is 25.6 Å². The van der Waals surface area contributed by atoms with Crippen molar-refractivity contribution < 1.29 is 29.4 Å². The summed E-state index contributed by atoms with van der Waals surface area (Å²) in [5, 5.41) is 22.2. The number of aromatic amines is 1. The number of aromatic nitrogens is 2. The molecule has 0 unspecified atom stereocenters. The van der Waals surface area contributed by atoms with E-state index < -0.39 is 35.8 Å². The second-order valence-electron chi connectivity index (χ2n) is 5.25. The minimum absolute atomic E-state index is 0.0386. The average molecular weight is 355 g/mol. The minimum Gasteiger partial charge on any atom is -0.481 e. The normalized spacial score (nSPS) is 12.8. The smallest absolute Gasteiger partial charge is 0.303 e. The molecule has 11 nitrogen and oxygen atoms in total. The molecule has 0 aliphatic heterocycles. The van der Waals surface area contributed by atoms with E-state index in [1.807, 2.05) is 0 Å². The maximum absolute atomic E-state index is 12.4. The zero-order valence-corrected chi connectivity index (χ0v) is 13.4. The number of aliphatic carboxylic acids is 1. The minimum atomic E-state index is -1.18. The van der Waals surface area contributed by atoms with Crippen LogP contribution in [0.4, 0.5) is 0 Å². The van der Waals surface area contributed by atoms with Gasteiger partial charge in [0.2, 0.25) is 17.7 Å². The lowest BCUT2D eigenvalue weighted by Gasteiger charge is -2.21. The zero-order valence-electron chi connectivity index (χ0n) is 13.4. The van der Waals surface area contributed by atoms with Crippen molar-refractivity contribution in [2.24, 2.45) is 5.73 Å². The molecule has 138 valence electrons. The van der Waals surface area contributed by atoms with E-state index in [1.165, 1.54) is 12.5 Å². The highest BCUT2D eigenvalue weighted by atomic mass is 16.4. The predicted octanol–water partition coefficient (Wildman–Crippen LogP) is -2.35. The molecule has 1 aromatic heterocycles. The molecule has 0 saturated heterocycles. The first kappa shape index (κ1) is 20.1. The van der Waals surface area contributed by atoms with Gasteiger partial charge in [0.25, 0.3) is 0 Å². The summed E-state index contributed by atoms with van der Waals surface area (Å²) in [5.74, 6) is -3.28. The SMILES string of the molecule is NC(=O)[C@H](CCC(=O)O)NC(=O)[C@H](Cc1c[nH]cn1)NC(=O)CCO. The van der Waals surface area contributed by atoms with Crippen molar-refractivity contribution in [1.29, 1.82) is 0 Å². The number of carboxylic acids is 1. The standard InChI is InChI=1S/C14H21N5O6/c15-13(24)9(1-2-12(22)23)19-14(25)10(18-11(21)3-4-20)5-8-6-16-7-17-8/h6-7,9-10,20H,1-5H2,(H2,15,24)(H,16,17)(H,18,21)(H,19,25)(H,22,23)/t9-,10-/m0/s1. The summed E-state index contributed by atoms with van der Waals surface area (Å²) in [6.45, 7) is -0.384. The molecule has 0 radical (unpaired) electrons. The van der Waals surface area contributed by atoms with E-state index >= 15 is 0 Å². The van der Waals surface area contributed by atoms with Crippen LogP contribution in [-0.4, -0.2) is 62.6 Å². The van der Waals surface area contributed by atoms with Crippen LogP contribution < -0.4 is 16.4 Å². The Labute approximate surface area is 143 Å². The van der Waals surface area contributed by atoms with Crippen LogP contribution in [0.5, 0.6) is 0 Å². The van der Waals surface area contributed by atoms with E-state index in [4.69, 9.17) is 15.9 Å². The zero-order chi connectivity index (χ0) is 18.8. The van der Waals surface area contributed by atoms with Crippen LogP contribution in [0.1, 0.15) is 25.0 Å². The molecule has 25 heavy (non-hydrogen) atoms. The molecular weight excluding hydrogens is 334 g/mol. The number of carbonyl (C=O) groups is 4. The number of amides is 3. The van der Waals surface area contributed by atoms with Gasteiger partial charge < -0.3 is 31.6 Å². The Morgan fingerprint density at radius 2 is 1.92 bits per heavy atom. The van der Waals surface area contributed by atoms with Gasteiger partial charge in [0.1, 0.15) is 12.1 Å². The number of carbonyl (C=O) groups excluding carboxylic acids is 3. The Morgan fingerprint density at radius 1 is 1.20 bits per heavy atom. The summed E-state index contributed by atoms with van der Waals surface area (Å²) >= 11 is 0. The van der Waals surface area contributed by atoms with E-state index in [1.54, 1.807) is 0 Å². The molecule has 0 bridgehead atoms. The van der Waals surface area contributed by atoms with Gasteiger partial charge in [-0.05, 0) is 6.42 Å². The molecule has 1 heterocycles. The van der Waals surface area contributed by atoms with Crippen LogP contribution in [0.15, 0.2) is 12.5 Å². The Bertz CT molecular complexity index is 603. The molecular formula is C14H21N5O6. The molecule has 1 rings (SSSR count). The number of imidazole rings is 1. The summed E-state index contributed by atoms with van der Waals surface area (Å²) in [6, 6.07) is -2.24. The van der Waals surface area contributed by atoms with Crippen LogP contribution in [0.25, 0.3) is 0 Å². The molecule has 0 saturated carbocycles. The summed E-state index contributed by atoms with van der Waals surface area (Å²) in [4.78, 5) is 52.7. The number of carboxylic acid groups (broad SMARTS) is 1. The fourth-order valence-electron chi connectivity index (χ4n) is 2.01. The lowest BCUT2D eigenvalue weighted by atomic mass is 10.1. The van der Waals surface area contributed by atoms with Gasteiger partial charge >= 0.3 is 5.97 Å². The maximum atomic E-state index is 12.4. The van der Waals surface area contributed by atoms with E-state index in [-0.39, 0.29) is 32.3 Å². The molecule has 0 aromatic carbocycles. The van der Waals surface area contributed by atoms with Gasteiger partial charge in [-0.2, -0.15) is 0 Å². The van der Waals surface area contributed by atoms with Crippen molar-refractivity contribution in [2.75, 3.05) is 6.61 Å². The van der Waals surface area contributed by atoms with Crippen molar-refractivity contribution in [3.05, 3.63) is 18.2 Å². The van der Waals surface area contributed by atoms with Crippen LogP contribution >= 0.6 is 0 Å². The molecule has 1 aromatic rings. The summed E-state index contributed by atoms with van der Waals surface area (Å²) in [6.07, 6.45) is 2.26. The molecule has 2 atom stereocenters. The molecule has 3 amide bonds. The molecule has 11 heteroatoms. The van der Waals surface area contributed by atoms with Crippen molar-refractivity contribution in [3.8, 4) is 0 Å². The lowest BCUT2D eigenvalue weighted by molar-refractivity contribution is -0.137. The lowest BCUT2D eigenvalue weighted by Crippen LogP contribution is -2.53. The van der Waals surface area contributed by atoms with Crippen molar-refractivity contribution in [2.45, 2.75) is 37.8 Å². The van der Waals surface area contributed by atoms with Gasteiger partial charge in [-0.25, -0.2) is 4.98 Å². The van der Waals surface area contributed by atoms with Crippen LogP contribution in [0.2, 0.25) is 0 Å². The average Bonchev–Trinajstić information content (AvgIpc) is 3.03. The fraction of sp³-hybridized carbons (Fsp3) is 0.500. The maximum Gasteiger partial charge on any atom is 0.303 e. The number of nitrogens with two attached hydrogens (primary N) is 1. The monoisotopic (exact) mass is 355 g/mol. The van der Waals surface area contributed by atoms with Gasteiger partial charge in [0.05, 0.1) is 18.6 Å². The second kappa shape index (κ2) is 10.0. The first-order chi connectivity index (χ1) is 11.8. The number of primary amides is 1. The van der Waals surface area contributed by atoms with E-state index in [0.29, 0.717) is 5.69 Å². The van der Waals surface area contributed by atoms with Crippen LogP contribution in [0.3, 0.4) is 0 Å². The Hall–Kier alpha value is -2.95. The third kappa shape index (κ3) is 7.44. The number of nitrogens with zero attached hydrogens (tertiary/aromatic N) is 1. The first-order valence-electron chi connectivity index (χ1n) is 7.52. The number of aliphatic hydroxyl groups is 1. The highest BCUT2D eigenvalue weighted by molar-refractivity contribution is 5.91. The van der Waals surface area contributed by atoms with Crippen molar-refractivity contribution in [1.82, 2.24) is 20.6 Å². The third-order valence-electron chi connectivity index (χ3n) is 3.27. The number of nitrogens with one attached hydrogen (secondary N) is 3. The Balaban J connectivity index is 2.79. The third-order valence-corrected chi connectivity index (χ3v) is 3.27. The summed E-state index contributed by atoms with van der Waals surface area (Å²) < 4.78 is 0. The molecule has 0 spiro atoms. The van der Waals surface area contributed by atoms with Crippen molar-refractivity contribution in [3.63, 3.8) is 0 Å².